The summed E-state index contributed by atoms with van der Waals surface area (Å²) in [4.78, 5) is 18.7. The van der Waals surface area contributed by atoms with Crippen LogP contribution in [0.2, 0.25) is 0 Å². The van der Waals surface area contributed by atoms with Crippen LogP contribution in [0.5, 0.6) is 5.88 Å². The molecule has 1 fully saturated rings. The van der Waals surface area contributed by atoms with Gasteiger partial charge in [0.15, 0.2) is 5.82 Å². The second-order valence-corrected chi connectivity index (χ2v) is 10.6. The van der Waals surface area contributed by atoms with Gasteiger partial charge >= 0.3 is 0 Å². The van der Waals surface area contributed by atoms with Gasteiger partial charge in [-0.2, -0.15) is 10.2 Å². The van der Waals surface area contributed by atoms with Gasteiger partial charge in [0.1, 0.15) is 0 Å². The number of unbranched alkanes of at least 4 members (excludes halogenated alkanes) is 1. The maximum atomic E-state index is 14.5. The van der Waals surface area contributed by atoms with Crippen molar-refractivity contribution in [2.75, 3.05) is 33.9 Å². The molecule has 2 unspecified atom stereocenters. The zero-order valence-corrected chi connectivity index (χ0v) is 22.7. The van der Waals surface area contributed by atoms with E-state index in [9.17, 15) is 9.18 Å². The van der Waals surface area contributed by atoms with Gasteiger partial charge in [-0.25, -0.2) is 14.1 Å². The predicted molar refractivity (Wildman–Crippen MR) is 141 cm³/mol. The van der Waals surface area contributed by atoms with Gasteiger partial charge in [0, 0.05) is 55.2 Å². The first-order valence-electron chi connectivity index (χ1n) is 13.5. The lowest BCUT2D eigenvalue weighted by Gasteiger charge is -2.44. The third-order valence-electron chi connectivity index (χ3n) is 8.36. The van der Waals surface area contributed by atoms with E-state index < -0.39 is 5.82 Å². The van der Waals surface area contributed by atoms with E-state index in [2.05, 4.69) is 18.8 Å². The van der Waals surface area contributed by atoms with Gasteiger partial charge in [-0.1, -0.05) is 19.8 Å². The van der Waals surface area contributed by atoms with Crippen LogP contribution in [0, 0.1) is 11.2 Å². The predicted octanol–water partition coefficient (Wildman–Crippen LogP) is 4.38. The number of piperidine rings is 1. The SMILES string of the molecule is CCCCC1(C(C)n2cc(-c3nn(-c4cnc(OC)c(F)c4)c4c3CCOCC4)cn2)CCN(C)C(=O)C1. The molecule has 0 saturated carbocycles. The Bertz CT molecular complexity index is 1300. The lowest BCUT2D eigenvalue weighted by Crippen LogP contribution is -2.45. The second-order valence-electron chi connectivity index (χ2n) is 10.6. The van der Waals surface area contributed by atoms with Crippen molar-refractivity contribution in [3.8, 4) is 22.8 Å². The number of halogens is 1. The molecule has 204 valence electrons. The Hall–Kier alpha value is -3.27. The van der Waals surface area contributed by atoms with Crippen molar-refractivity contribution in [1.29, 1.82) is 0 Å². The summed E-state index contributed by atoms with van der Waals surface area (Å²) >= 11 is 0. The number of hydrogen-bond donors (Lipinski definition) is 0. The number of rotatable bonds is 8. The number of ether oxygens (including phenoxy) is 2. The van der Waals surface area contributed by atoms with Crippen LogP contribution in [-0.4, -0.2) is 69.3 Å². The zero-order valence-electron chi connectivity index (χ0n) is 22.7. The number of amides is 1. The van der Waals surface area contributed by atoms with Crippen molar-refractivity contribution >= 4 is 5.91 Å². The third-order valence-corrected chi connectivity index (χ3v) is 8.36. The van der Waals surface area contributed by atoms with Gasteiger partial charge in [0.2, 0.25) is 11.8 Å². The Labute approximate surface area is 222 Å². The fraction of sp³-hybridized carbons (Fsp3) is 0.571. The van der Waals surface area contributed by atoms with Crippen LogP contribution in [0.15, 0.2) is 24.7 Å². The Morgan fingerprint density at radius 3 is 2.82 bits per heavy atom. The van der Waals surface area contributed by atoms with Crippen LogP contribution in [0.4, 0.5) is 4.39 Å². The molecule has 5 rings (SSSR count). The maximum absolute atomic E-state index is 14.5. The third kappa shape index (κ3) is 4.81. The fourth-order valence-corrected chi connectivity index (χ4v) is 5.88. The highest BCUT2D eigenvalue weighted by molar-refractivity contribution is 5.77. The van der Waals surface area contributed by atoms with Crippen LogP contribution >= 0.6 is 0 Å². The highest BCUT2D eigenvalue weighted by atomic mass is 19.1. The van der Waals surface area contributed by atoms with E-state index in [4.69, 9.17) is 19.7 Å². The summed E-state index contributed by atoms with van der Waals surface area (Å²) in [6.07, 6.45) is 11.5. The van der Waals surface area contributed by atoms with Gasteiger partial charge in [0.05, 0.1) is 55.8 Å². The fourth-order valence-electron chi connectivity index (χ4n) is 5.88. The zero-order chi connectivity index (χ0) is 26.9. The molecule has 0 N–H and O–H groups in total. The molecule has 3 aromatic heterocycles. The number of nitrogens with zero attached hydrogens (tertiary/aromatic N) is 6. The largest absolute Gasteiger partial charge is 0.479 e. The van der Waals surface area contributed by atoms with Crippen LogP contribution in [0.3, 0.4) is 0 Å². The smallest absolute Gasteiger partial charge is 0.250 e. The number of hydrogen-bond acceptors (Lipinski definition) is 6. The summed E-state index contributed by atoms with van der Waals surface area (Å²) in [5, 5.41) is 9.72. The Morgan fingerprint density at radius 2 is 2.08 bits per heavy atom. The molecule has 0 spiro atoms. The first-order chi connectivity index (χ1) is 18.4. The van der Waals surface area contributed by atoms with Crippen molar-refractivity contribution in [3.63, 3.8) is 0 Å². The molecule has 1 amide bonds. The summed E-state index contributed by atoms with van der Waals surface area (Å²) < 4.78 is 29.1. The summed E-state index contributed by atoms with van der Waals surface area (Å²) in [7, 11) is 3.28. The maximum Gasteiger partial charge on any atom is 0.250 e. The quantitative estimate of drug-likeness (QED) is 0.435. The number of fused-ring (bicyclic) bond motifs is 1. The molecule has 0 radical (unpaired) electrons. The number of carbonyl (C=O) groups is 1. The molecule has 2 aliphatic rings. The molecule has 10 heteroatoms. The minimum atomic E-state index is -0.535. The second kappa shape index (κ2) is 10.8. The van der Waals surface area contributed by atoms with Gasteiger partial charge in [-0.15, -0.1) is 0 Å². The van der Waals surface area contributed by atoms with Gasteiger partial charge in [0.25, 0.3) is 0 Å². The summed E-state index contributed by atoms with van der Waals surface area (Å²) in [6, 6.07) is 1.46. The molecule has 2 atom stereocenters. The van der Waals surface area contributed by atoms with E-state index in [0.717, 1.165) is 54.7 Å². The van der Waals surface area contributed by atoms with E-state index >= 15 is 0 Å². The Balaban J connectivity index is 1.51. The molecular formula is C28H37FN6O3. The highest BCUT2D eigenvalue weighted by Crippen LogP contribution is 2.46. The Kier molecular flexibility index (Phi) is 7.52. The van der Waals surface area contributed by atoms with Gasteiger partial charge < -0.3 is 14.4 Å². The lowest BCUT2D eigenvalue weighted by molar-refractivity contribution is -0.138. The molecule has 0 bridgehead atoms. The normalized spacial score (nSPS) is 20.8. The van der Waals surface area contributed by atoms with E-state index in [1.165, 1.54) is 13.2 Å². The number of methoxy groups -OCH3 is 1. The van der Waals surface area contributed by atoms with Crippen molar-refractivity contribution in [3.05, 3.63) is 41.7 Å². The number of pyridine rings is 1. The summed E-state index contributed by atoms with van der Waals surface area (Å²) in [5.41, 5.74) is 4.21. The lowest BCUT2D eigenvalue weighted by atomic mass is 9.69. The van der Waals surface area contributed by atoms with Crippen LogP contribution in [0.1, 0.15) is 63.3 Å². The van der Waals surface area contributed by atoms with E-state index in [1.807, 2.05) is 29.0 Å². The molecular weight excluding hydrogens is 487 g/mol. The molecule has 9 nitrogen and oxygen atoms in total. The summed E-state index contributed by atoms with van der Waals surface area (Å²) in [5.74, 6) is -0.376. The molecule has 0 aromatic carbocycles. The van der Waals surface area contributed by atoms with Crippen LogP contribution in [-0.2, 0) is 22.4 Å². The minimum absolute atomic E-state index is 0.0461. The Morgan fingerprint density at radius 1 is 1.26 bits per heavy atom. The number of aromatic nitrogens is 5. The minimum Gasteiger partial charge on any atom is -0.479 e. The summed E-state index contributed by atoms with van der Waals surface area (Å²) in [6.45, 7) is 6.32. The van der Waals surface area contributed by atoms with E-state index in [0.29, 0.717) is 38.2 Å². The first kappa shape index (κ1) is 26.3. The molecule has 0 aliphatic carbocycles. The van der Waals surface area contributed by atoms with Gasteiger partial charge in [-0.3, -0.25) is 9.48 Å². The number of carbonyl (C=O) groups excluding carboxylic acids is 1. The van der Waals surface area contributed by atoms with Crippen molar-refractivity contribution < 1.29 is 18.7 Å². The molecule has 3 aromatic rings. The monoisotopic (exact) mass is 524 g/mol. The van der Waals surface area contributed by atoms with Gasteiger partial charge in [-0.05, 0) is 26.2 Å². The molecule has 5 heterocycles. The van der Waals surface area contributed by atoms with Crippen LogP contribution < -0.4 is 4.74 Å². The standard InChI is InChI=1S/C28H37FN6O3/c1-5-6-9-28(10-11-33(3)25(36)15-28)19(2)34-18-20(16-31-34)26-22-7-12-38-13-8-24(22)35(32-26)21-14-23(29)27(37-4)30-17-21/h14,16-19H,5-13,15H2,1-4H3. The van der Waals surface area contributed by atoms with E-state index in [1.54, 1.807) is 10.9 Å². The highest BCUT2D eigenvalue weighted by Gasteiger charge is 2.43. The van der Waals surface area contributed by atoms with Crippen molar-refractivity contribution in [2.24, 2.45) is 5.41 Å². The number of likely N-dealkylation sites (tertiary alicyclic amines) is 1. The van der Waals surface area contributed by atoms with E-state index in [-0.39, 0.29) is 23.2 Å². The average Bonchev–Trinajstić information content (AvgIpc) is 3.47. The molecule has 1 saturated heterocycles. The van der Waals surface area contributed by atoms with Crippen molar-refractivity contribution in [2.45, 2.75) is 64.8 Å². The van der Waals surface area contributed by atoms with Crippen LogP contribution in [0.25, 0.3) is 16.9 Å². The topological polar surface area (TPSA) is 87.3 Å². The first-order valence-corrected chi connectivity index (χ1v) is 13.5. The average molecular weight is 525 g/mol. The molecule has 38 heavy (non-hydrogen) atoms. The van der Waals surface area contributed by atoms with Crippen molar-refractivity contribution in [1.82, 2.24) is 29.4 Å². The molecule has 2 aliphatic heterocycles.